The predicted octanol–water partition coefficient (Wildman–Crippen LogP) is 2.10. The van der Waals surface area contributed by atoms with Crippen LogP contribution >= 0.6 is 0 Å². The molecule has 0 radical (unpaired) electrons. The molecular formula is C19H29N7O. The van der Waals surface area contributed by atoms with Crippen LogP contribution in [-0.4, -0.2) is 47.3 Å². The van der Waals surface area contributed by atoms with Crippen LogP contribution in [0.5, 0.6) is 0 Å². The Hall–Kier alpha value is -2.64. The molecule has 1 saturated heterocycles. The standard InChI is InChI=1S/C19H29N7O/c1-19(2,3)17-24-15(25-27-17)13-22-18(20-4)23-14-8-11-26(12-9-14)16-7-5-6-10-21-16/h5-7,10,14H,8-9,11-13H2,1-4H3,(H2,20,22,23). The van der Waals surface area contributed by atoms with Crippen molar-refractivity contribution in [1.82, 2.24) is 25.8 Å². The van der Waals surface area contributed by atoms with Crippen LogP contribution in [0.3, 0.4) is 0 Å². The first-order valence-electron chi connectivity index (χ1n) is 9.42. The molecule has 0 atom stereocenters. The van der Waals surface area contributed by atoms with Crippen LogP contribution in [0.15, 0.2) is 33.9 Å². The van der Waals surface area contributed by atoms with Gasteiger partial charge in [0.1, 0.15) is 5.82 Å². The molecule has 1 fully saturated rings. The van der Waals surface area contributed by atoms with Gasteiger partial charge in [0.25, 0.3) is 0 Å². The fraction of sp³-hybridized carbons (Fsp3) is 0.579. The second-order valence-electron chi connectivity index (χ2n) is 7.79. The molecule has 0 aliphatic carbocycles. The number of hydrogen-bond donors (Lipinski definition) is 2. The van der Waals surface area contributed by atoms with Gasteiger partial charge >= 0.3 is 0 Å². The second-order valence-corrected chi connectivity index (χ2v) is 7.79. The van der Waals surface area contributed by atoms with E-state index in [4.69, 9.17) is 4.52 Å². The number of rotatable bonds is 4. The summed E-state index contributed by atoms with van der Waals surface area (Å²) in [5.41, 5.74) is -0.146. The van der Waals surface area contributed by atoms with Crippen LogP contribution in [0, 0.1) is 0 Å². The van der Waals surface area contributed by atoms with Crippen LogP contribution in [-0.2, 0) is 12.0 Å². The third kappa shape index (κ3) is 5.18. The molecule has 0 bridgehead atoms. The monoisotopic (exact) mass is 371 g/mol. The summed E-state index contributed by atoms with van der Waals surface area (Å²) >= 11 is 0. The summed E-state index contributed by atoms with van der Waals surface area (Å²) in [5, 5.41) is 10.8. The first-order valence-corrected chi connectivity index (χ1v) is 9.42. The van der Waals surface area contributed by atoms with E-state index in [1.807, 2.05) is 18.3 Å². The topological polar surface area (TPSA) is 91.5 Å². The lowest BCUT2D eigenvalue weighted by molar-refractivity contribution is 0.318. The molecule has 0 amide bonds. The first-order chi connectivity index (χ1) is 13.0. The highest BCUT2D eigenvalue weighted by atomic mass is 16.5. The fourth-order valence-corrected chi connectivity index (χ4v) is 2.97. The largest absolute Gasteiger partial charge is 0.356 e. The highest BCUT2D eigenvalue weighted by Gasteiger charge is 2.23. The molecule has 0 unspecified atom stereocenters. The van der Waals surface area contributed by atoms with Gasteiger partial charge in [-0.1, -0.05) is 32.0 Å². The van der Waals surface area contributed by atoms with Crippen molar-refractivity contribution in [2.24, 2.45) is 4.99 Å². The average Bonchev–Trinajstić information content (AvgIpc) is 3.16. The van der Waals surface area contributed by atoms with Crippen molar-refractivity contribution in [1.29, 1.82) is 0 Å². The maximum atomic E-state index is 5.33. The highest BCUT2D eigenvalue weighted by molar-refractivity contribution is 5.79. The second kappa shape index (κ2) is 8.37. The molecule has 1 aliphatic rings. The molecule has 146 valence electrons. The minimum atomic E-state index is -0.146. The summed E-state index contributed by atoms with van der Waals surface area (Å²) in [4.78, 5) is 15.5. The Kier molecular flexibility index (Phi) is 5.93. The first kappa shape index (κ1) is 19.1. The van der Waals surface area contributed by atoms with E-state index >= 15 is 0 Å². The lowest BCUT2D eigenvalue weighted by atomic mass is 9.97. The SMILES string of the molecule is CN=C(NCc1noc(C(C)(C)C)n1)NC1CCN(c2ccccn2)CC1. The van der Waals surface area contributed by atoms with Crippen LogP contribution < -0.4 is 15.5 Å². The van der Waals surface area contributed by atoms with E-state index in [1.54, 1.807) is 7.05 Å². The number of nitrogens with one attached hydrogen (secondary N) is 2. The van der Waals surface area contributed by atoms with Gasteiger partial charge in [0.05, 0.1) is 6.54 Å². The van der Waals surface area contributed by atoms with Crippen molar-refractivity contribution in [3.05, 3.63) is 36.1 Å². The third-order valence-electron chi connectivity index (χ3n) is 4.56. The molecule has 8 heteroatoms. The van der Waals surface area contributed by atoms with Crippen LogP contribution in [0.4, 0.5) is 5.82 Å². The summed E-state index contributed by atoms with van der Waals surface area (Å²) in [5.74, 6) is 3.08. The maximum absolute atomic E-state index is 5.33. The number of piperidine rings is 1. The van der Waals surface area contributed by atoms with Gasteiger partial charge in [0.2, 0.25) is 5.89 Å². The highest BCUT2D eigenvalue weighted by Crippen LogP contribution is 2.19. The predicted molar refractivity (Wildman–Crippen MR) is 106 cm³/mol. The number of aliphatic imine (C=N–C) groups is 1. The Balaban J connectivity index is 1.46. The molecule has 0 aromatic carbocycles. The van der Waals surface area contributed by atoms with Gasteiger partial charge in [-0.25, -0.2) is 4.98 Å². The van der Waals surface area contributed by atoms with Crippen LogP contribution in [0.1, 0.15) is 45.3 Å². The summed E-state index contributed by atoms with van der Waals surface area (Å²) in [7, 11) is 1.77. The smallest absolute Gasteiger partial charge is 0.232 e. The number of nitrogens with zero attached hydrogens (tertiary/aromatic N) is 5. The molecule has 1 aliphatic heterocycles. The van der Waals surface area contributed by atoms with Crippen LogP contribution in [0.2, 0.25) is 0 Å². The van der Waals surface area contributed by atoms with Gasteiger partial charge < -0.3 is 20.1 Å². The zero-order valence-corrected chi connectivity index (χ0v) is 16.6. The summed E-state index contributed by atoms with van der Waals surface area (Å²) in [6, 6.07) is 6.42. The summed E-state index contributed by atoms with van der Waals surface area (Å²) in [6.45, 7) is 8.59. The van der Waals surface area contributed by atoms with Crippen molar-refractivity contribution < 1.29 is 4.52 Å². The zero-order valence-electron chi connectivity index (χ0n) is 16.6. The Morgan fingerprint density at radius 1 is 1.30 bits per heavy atom. The number of pyridine rings is 1. The Morgan fingerprint density at radius 3 is 2.67 bits per heavy atom. The third-order valence-corrected chi connectivity index (χ3v) is 4.56. The number of anilines is 1. The van der Waals surface area contributed by atoms with E-state index in [-0.39, 0.29) is 5.41 Å². The van der Waals surface area contributed by atoms with Crippen molar-refractivity contribution in [3.8, 4) is 0 Å². The lowest BCUT2D eigenvalue weighted by Crippen LogP contribution is -2.48. The number of hydrogen-bond acceptors (Lipinski definition) is 6. The Bertz CT molecular complexity index is 743. The Labute approximate surface area is 160 Å². The maximum Gasteiger partial charge on any atom is 0.232 e. The molecule has 2 aromatic rings. The van der Waals surface area contributed by atoms with Crippen LogP contribution in [0.25, 0.3) is 0 Å². The quantitative estimate of drug-likeness (QED) is 0.628. The molecule has 2 aromatic heterocycles. The summed E-state index contributed by atoms with van der Waals surface area (Å²) in [6.07, 6.45) is 3.91. The summed E-state index contributed by atoms with van der Waals surface area (Å²) < 4.78 is 5.33. The molecular weight excluding hydrogens is 342 g/mol. The van der Waals surface area contributed by atoms with Crippen molar-refractivity contribution in [3.63, 3.8) is 0 Å². The minimum absolute atomic E-state index is 0.146. The lowest BCUT2D eigenvalue weighted by Gasteiger charge is -2.33. The molecule has 8 nitrogen and oxygen atoms in total. The van der Waals surface area contributed by atoms with Gasteiger partial charge in [-0.2, -0.15) is 4.98 Å². The van der Waals surface area contributed by atoms with Gasteiger partial charge in [0, 0.05) is 37.8 Å². The van der Waals surface area contributed by atoms with Gasteiger partial charge in [-0.05, 0) is 25.0 Å². The van der Waals surface area contributed by atoms with E-state index in [1.165, 1.54) is 0 Å². The molecule has 0 spiro atoms. The average molecular weight is 371 g/mol. The zero-order chi connectivity index (χ0) is 19.3. The van der Waals surface area contributed by atoms with Gasteiger partial charge in [0.15, 0.2) is 11.8 Å². The molecule has 3 heterocycles. The molecule has 27 heavy (non-hydrogen) atoms. The van der Waals surface area contributed by atoms with Gasteiger partial charge in [-0.15, -0.1) is 0 Å². The van der Waals surface area contributed by atoms with E-state index in [2.05, 4.69) is 62.5 Å². The van der Waals surface area contributed by atoms with E-state index in [9.17, 15) is 0 Å². The van der Waals surface area contributed by atoms with E-state index < -0.39 is 0 Å². The minimum Gasteiger partial charge on any atom is -0.356 e. The number of aromatic nitrogens is 3. The normalized spacial score (nSPS) is 16.4. The molecule has 2 N–H and O–H groups in total. The molecule has 3 rings (SSSR count). The fourth-order valence-electron chi connectivity index (χ4n) is 2.97. The van der Waals surface area contributed by atoms with Crippen molar-refractivity contribution in [2.45, 2.75) is 51.6 Å². The van der Waals surface area contributed by atoms with Crippen molar-refractivity contribution >= 4 is 11.8 Å². The van der Waals surface area contributed by atoms with E-state index in [0.29, 0.717) is 24.3 Å². The van der Waals surface area contributed by atoms with E-state index in [0.717, 1.165) is 37.7 Å². The van der Waals surface area contributed by atoms with Gasteiger partial charge in [-0.3, -0.25) is 4.99 Å². The number of guanidine groups is 1. The Morgan fingerprint density at radius 2 is 2.07 bits per heavy atom. The molecule has 0 saturated carbocycles. The van der Waals surface area contributed by atoms with Crippen molar-refractivity contribution in [2.75, 3.05) is 25.0 Å².